The molecule has 2 aliphatic rings. The summed E-state index contributed by atoms with van der Waals surface area (Å²) in [6.07, 6.45) is 10.8. The first-order valence-electron chi connectivity index (χ1n) is 19.5. The molecule has 0 amide bonds. The summed E-state index contributed by atoms with van der Waals surface area (Å²) in [5.41, 5.74) is 5.61. The minimum absolute atomic E-state index is 0.531. The quantitative estimate of drug-likeness (QED) is 0.282. The fourth-order valence-corrected chi connectivity index (χ4v) is 8.31. The maximum atomic E-state index is 4.40. The predicted molar refractivity (Wildman–Crippen MR) is 208 cm³/mol. The smallest absolute Gasteiger partial charge is 0.0463 e. The van der Waals surface area contributed by atoms with Gasteiger partial charge in [0.15, 0.2) is 0 Å². The lowest BCUT2D eigenvalue weighted by Gasteiger charge is -2.26. The Morgan fingerprint density at radius 3 is 0.957 bits per heavy atom. The molecular formula is C45H79N. The van der Waals surface area contributed by atoms with Gasteiger partial charge in [0.05, 0.1) is 0 Å². The zero-order chi connectivity index (χ0) is 35.1. The Bertz CT molecular complexity index is 889. The molecule has 0 N–H and O–H groups in total. The van der Waals surface area contributed by atoms with Crippen molar-refractivity contribution in [3.05, 3.63) is 65.0 Å². The second kappa shape index (κ2) is 21.4. The zero-order valence-electron chi connectivity index (χ0n) is 33.7. The fraction of sp³-hybridized carbons (Fsp3) is 0.756. The Morgan fingerprint density at radius 1 is 0.413 bits per heavy atom. The lowest BCUT2D eigenvalue weighted by molar-refractivity contribution is 0.235. The monoisotopic (exact) mass is 634 g/mol. The number of pyridine rings is 1. The SMILES string of the molecule is CC(C)C1CCCC1C(C)C.CC(C)C1CCCC1C(C)C.CC(C)c1ccccc1C(C)C.CC(C)c1cccnc1C(C)C. The highest BCUT2D eigenvalue weighted by Crippen LogP contribution is 2.41. The lowest BCUT2D eigenvalue weighted by atomic mass is 9.80. The van der Waals surface area contributed by atoms with Gasteiger partial charge in [-0.25, -0.2) is 0 Å². The molecule has 2 aromatic rings. The van der Waals surface area contributed by atoms with Gasteiger partial charge in [-0.05, 0) is 119 Å². The van der Waals surface area contributed by atoms with Crippen LogP contribution < -0.4 is 0 Å². The minimum Gasteiger partial charge on any atom is -0.261 e. The van der Waals surface area contributed by atoms with Gasteiger partial charge in [0, 0.05) is 11.9 Å². The highest BCUT2D eigenvalue weighted by atomic mass is 14.7. The average Bonchev–Trinajstić information content (AvgIpc) is 3.69. The Balaban J connectivity index is 0.000000307. The van der Waals surface area contributed by atoms with Gasteiger partial charge in [-0.1, -0.05) is 154 Å². The number of aromatic nitrogens is 1. The summed E-state index contributed by atoms with van der Waals surface area (Å²) in [6, 6.07) is 12.9. The molecule has 2 fully saturated rings. The van der Waals surface area contributed by atoms with Gasteiger partial charge < -0.3 is 0 Å². The van der Waals surface area contributed by atoms with E-state index in [-0.39, 0.29) is 0 Å². The van der Waals surface area contributed by atoms with Crippen LogP contribution in [-0.4, -0.2) is 4.98 Å². The third-order valence-corrected chi connectivity index (χ3v) is 11.0. The van der Waals surface area contributed by atoms with Gasteiger partial charge in [0.25, 0.3) is 0 Å². The van der Waals surface area contributed by atoms with Crippen molar-refractivity contribution >= 4 is 0 Å². The largest absolute Gasteiger partial charge is 0.261 e. The van der Waals surface area contributed by atoms with Crippen LogP contribution >= 0.6 is 0 Å². The van der Waals surface area contributed by atoms with Crippen molar-refractivity contribution < 1.29 is 0 Å². The molecule has 4 rings (SSSR count). The van der Waals surface area contributed by atoms with E-state index in [2.05, 4.69) is 146 Å². The lowest BCUT2D eigenvalue weighted by Crippen LogP contribution is -2.18. The summed E-state index contributed by atoms with van der Waals surface area (Å²) >= 11 is 0. The zero-order valence-corrected chi connectivity index (χ0v) is 33.7. The first kappa shape index (κ1) is 42.4. The Kier molecular flexibility index (Phi) is 19.7. The van der Waals surface area contributed by atoms with Crippen LogP contribution in [0.15, 0.2) is 42.6 Å². The number of rotatable bonds is 8. The van der Waals surface area contributed by atoms with Crippen molar-refractivity contribution in [2.24, 2.45) is 47.3 Å². The van der Waals surface area contributed by atoms with E-state index in [1.165, 1.54) is 60.9 Å². The molecule has 1 aromatic carbocycles. The highest BCUT2D eigenvalue weighted by Gasteiger charge is 2.32. The number of nitrogens with zero attached hydrogens (tertiary/aromatic N) is 1. The molecule has 0 aliphatic heterocycles. The Hall–Kier alpha value is -1.63. The van der Waals surface area contributed by atoms with Gasteiger partial charge in [-0.2, -0.15) is 0 Å². The molecule has 0 bridgehead atoms. The van der Waals surface area contributed by atoms with Crippen LogP contribution in [0.4, 0.5) is 0 Å². The number of hydrogen-bond donors (Lipinski definition) is 0. The molecule has 2 saturated carbocycles. The summed E-state index contributed by atoms with van der Waals surface area (Å²) in [4.78, 5) is 4.40. The van der Waals surface area contributed by atoms with Crippen LogP contribution in [0, 0.1) is 47.3 Å². The second-order valence-corrected chi connectivity index (χ2v) is 17.2. The van der Waals surface area contributed by atoms with Crippen molar-refractivity contribution in [3.8, 4) is 0 Å². The van der Waals surface area contributed by atoms with E-state index in [1.54, 1.807) is 0 Å². The molecule has 4 atom stereocenters. The maximum absolute atomic E-state index is 4.40. The van der Waals surface area contributed by atoms with Gasteiger partial charge >= 0.3 is 0 Å². The third-order valence-electron chi connectivity index (χ3n) is 11.0. The summed E-state index contributed by atoms with van der Waals surface area (Å²) in [7, 11) is 0. The van der Waals surface area contributed by atoms with E-state index in [0.29, 0.717) is 23.7 Å². The van der Waals surface area contributed by atoms with Crippen LogP contribution in [0.5, 0.6) is 0 Å². The maximum Gasteiger partial charge on any atom is 0.0463 e. The van der Waals surface area contributed by atoms with Crippen molar-refractivity contribution in [1.82, 2.24) is 4.98 Å². The van der Waals surface area contributed by atoms with Crippen LogP contribution in [0.3, 0.4) is 0 Å². The molecule has 0 saturated heterocycles. The van der Waals surface area contributed by atoms with Gasteiger partial charge in [0.2, 0.25) is 0 Å². The summed E-state index contributed by atoms with van der Waals surface area (Å²) in [5, 5.41) is 0. The van der Waals surface area contributed by atoms with Crippen molar-refractivity contribution in [2.75, 3.05) is 0 Å². The standard InChI is InChI=1S/C12H18.C11H17N.2C11H22/c1-9(2)11-7-5-6-8-12(11)10(3)4;1-8(2)10-6-5-7-12-11(10)9(3)4;2*1-8(2)10-6-5-7-11(10)9(3)4/h5-10H,1-4H3;5-9H,1-4H3;2*8-11H,5-7H2,1-4H3. The predicted octanol–water partition coefficient (Wildman–Crippen LogP) is 14.7. The van der Waals surface area contributed by atoms with Gasteiger partial charge in [-0.15, -0.1) is 0 Å². The molecule has 1 heterocycles. The molecule has 1 heteroatoms. The van der Waals surface area contributed by atoms with E-state index in [9.17, 15) is 0 Å². The first-order chi connectivity index (χ1) is 21.5. The summed E-state index contributed by atoms with van der Waals surface area (Å²) in [6.45, 7) is 36.8. The van der Waals surface area contributed by atoms with Gasteiger partial charge in [-0.3, -0.25) is 4.98 Å². The van der Waals surface area contributed by atoms with Crippen molar-refractivity contribution in [3.63, 3.8) is 0 Å². The second-order valence-electron chi connectivity index (χ2n) is 17.2. The molecule has 0 radical (unpaired) electrons. The summed E-state index contributed by atoms with van der Waals surface area (Å²) in [5.74, 6) is 10.1. The number of hydrogen-bond acceptors (Lipinski definition) is 1. The van der Waals surface area contributed by atoms with Crippen molar-refractivity contribution in [1.29, 1.82) is 0 Å². The van der Waals surface area contributed by atoms with E-state index >= 15 is 0 Å². The van der Waals surface area contributed by atoms with E-state index in [1.807, 2.05) is 12.3 Å². The molecule has 2 aliphatic carbocycles. The molecule has 264 valence electrons. The van der Waals surface area contributed by atoms with Crippen molar-refractivity contribution in [2.45, 2.75) is 173 Å². The third kappa shape index (κ3) is 13.8. The van der Waals surface area contributed by atoms with Crippen LogP contribution in [0.2, 0.25) is 0 Å². The average molecular weight is 634 g/mol. The number of benzene rings is 1. The van der Waals surface area contributed by atoms with E-state index < -0.39 is 0 Å². The van der Waals surface area contributed by atoms with Crippen LogP contribution in [0.25, 0.3) is 0 Å². The van der Waals surface area contributed by atoms with E-state index in [4.69, 9.17) is 0 Å². The minimum atomic E-state index is 0.531. The molecule has 1 aromatic heterocycles. The molecule has 46 heavy (non-hydrogen) atoms. The van der Waals surface area contributed by atoms with E-state index in [0.717, 1.165) is 47.3 Å². The van der Waals surface area contributed by atoms with Gasteiger partial charge in [0.1, 0.15) is 0 Å². The molecule has 0 spiro atoms. The Morgan fingerprint density at radius 2 is 0.717 bits per heavy atom. The topological polar surface area (TPSA) is 12.9 Å². The summed E-state index contributed by atoms with van der Waals surface area (Å²) < 4.78 is 0. The first-order valence-corrected chi connectivity index (χ1v) is 19.5. The van der Waals surface area contributed by atoms with Crippen LogP contribution in [-0.2, 0) is 0 Å². The fourth-order valence-electron chi connectivity index (χ4n) is 8.31. The van der Waals surface area contributed by atoms with Crippen LogP contribution in [0.1, 0.15) is 195 Å². The normalized spacial score (nSPS) is 21.2. The molecule has 4 unspecified atom stereocenters. The highest BCUT2D eigenvalue weighted by molar-refractivity contribution is 5.32. The molecular weight excluding hydrogens is 555 g/mol. The molecule has 1 nitrogen and oxygen atoms in total. The Labute approximate surface area is 289 Å².